The molecule has 4 aromatic carbocycles. The van der Waals surface area contributed by atoms with Crippen LogP contribution < -0.4 is 21.2 Å². The van der Waals surface area contributed by atoms with Crippen LogP contribution in [0.5, 0.6) is 23.0 Å². The van der Waals surface area contributed by atoms with Gasteiger partial charge in [-0.3, -0.25) is 0 Å². The molecule has 4 aromatic rings. The molecule has 0 fully saturated rings. The quantitative estimate of drug-likeness (QED) is 0.312. The van der Waals surface area contributed by atoms with E-state index in [1.165, 1.54) is 0 Å². The van der Waals surface area contributed by atoms with Crippen LogP contribution in [0.1, 0.15) is 0 Å². The minimum atomic E-state index is 0.202. The van der Waals surface area contributed by atoms with Gasteiger partial charge >= 0.3 is 0 Å². The van der Waals surface area contributed by atoms with Crippen molar-refractivity contribution >= 4 is 79.7 Å². The molecule has 4 unspecified atom stereocenters. The van der Waals surface area contributed by atoms with Gasteiger partial charge in [-0.05, 0) is 24.3 Å². The molecule has 0 aliphatic heterocycles. The van der Waals surface area contributed by atoms with Gasteiger partial charge in [0.05, 0.1) is 0 Å². The maximum Gasteiger partial charge on any atom is 0.130 e. The van der Waals surface area contributed by atoms with E-state index >= 15 is 0 Å². The summed E-state index contributed by atoms with van der Waals surface area (Å²) in [4.78, 5) is 0. The largest absolute Gasteiger partial charge is 0.507 e. The Morgan fingerprint density at radius 3 is 0.714 bits per heavy atom. The normalized spacial score (nSPS) is 10.7. The second kappa shape index (κ2) is 8.36. The molecule has 4 rings (SSSR count). The summed E-state index contributed by atoms with van der Waals surface area (Å²) >= 11 is 0. The highest BCUT2D eigenvalue weighted by Gasteiger charge is 2.09. The van der Waals surface area contributed by atoms with Gasteiger partial charge in [0, 0.05) is 42.8 Å². The summed E-state index contributed by atoms with van der Waals surface area (Å²) in [7, 11) is 9.80. The highest BCUT2D eigenvalue weighted by atomic mass is 31.0. The molecule has 0 aromatic heterocycles. The molecule has 0 radical (unpaired) electrons. The maximum atomic E-state index is 9.73. The second-order valence-electron chi connectivity index (χ2n) is 6.20. The van der Waals surface area contributed by atoms with Crippen molar-refractivity contribution in [1.82, 2.24) is 0 Å². The van der Waals surface area contributed by atoms with Crippen molar-refractivity contribution in [3.8, 4) is 23.0 Å². The highest BCUT2D eigenvalue weighted by Crippen LogP contribution is 2.31. The molecule has 0 heterocycles. The Balaban J connectivity index is 0.000000161. The summed E-state index contributed by atoms with van der Waals surface area (Å²) in [5.41, 5.74) is 0. The average molecular weight is 448 g/mol. The van der Waals surface area contributed by atoms with Crippen molar-refractivity contribution in [1.29, 1.82) is 0 Å². The number of hydrogen-bond acceptors (Lipinski definition) is 4. The second-order valence-corrected chi connectivity index (χ2v) is 8.69. The molecular formula is C20H20O4P4. The summed E-state index contributed by atoms with van der Waals surface area (Å²) in [5, 5.41) is 44.5. The summed E-state index contributed by atoms with van der Waals surface area (Å²) in [6.45, 7) is 0. The van der Waals surface area contributed by atoms with E-state index in [-0.39, 0.29) is 23.0 Å². The summed E-state index contributed by atoms with van der Waals surface area (Å²) in [6.07, 6.45) is 0. The van der Waals surface area contributed by atoms with Gasteiger partial charge in [-0.15, -0.1) is 37.0 Å². The number of fused-ring (bicyclic) bond motifs is 2. The molecule has 0 saturated heterocycles. The van der Waals surface area contributed by atoms with Crippen molar-refractivity contribution in [3.63, 3.8) is 0 Å². The first-order valence-corrected chi connectivity index (χ1v) is 10.5. The van der Waals surface area contributed by atoms with Crippen LogP contribution in [0, 0.1) is 0 Å². The molecule has 0 saturated carbocycles. The first-order chi connectivity index (χ1) is 13.2. The zero-order valence-electron chi connectivity index (χ0n) is 14.7. The molecule has 0 amide bonds. The standard InChI is InChI=1S/2C10H10O2P2/c2*11-9-5-1-3-7(13)10(12)6(5)2-4-8(9)14/h2*1-4,11-12H,13-14H2. The molecule has 8 heteroatoms. The third-order valence-electron chi connectivity index (χ3n) is 4.41. The number of phenols is 4. The van der Waals surface area contributed by atoms with Crippen LogP contribution >= 0.6 is 37.0 Å². The Bertz CT molecular complexity index is 1020. The van der Waals surface area contributed by atoms with Crippen LogP contribution in [-0.4, -0.2) is 20.4 Å². The molecule has 4 N–H and O–H groups in total. The minimum absolute atomic E-state index is 0.202. The minimum Gasteiger partial charge on any atom is -0.507 e. The smallest absolute Gasteiger partial charge is 0.130 e. The van der Waals surface area contributed by atoms with Crippen LogP contribution in [0.2, 0.25) is 0 Å². The molecule has 28 heavy (non-hydrogen) atoms. The van der Waals surface area contributed by atoms with E-state index in [1.54, 1.807) is 48.5 Å². The molecule has 4 atom stereocenters. The first-order valence-electron chi connectivity index (χ1n) is 8.19. The number of rotatable bonds is 0. The van der Waals surface area contributed by atoms with E-state index in [4.69, 9.17) is 0 Å². The summed E-state index contributed by atoms with van der Waals surface area (Å²) in [5.74, 6) is 0.807. The molecular weight excluding hydrogens is 428 g/mol. The SMILES string of the molecule is Oc1c(P)ccc2c(O)c(P)ccc12.Oc1c(P)ccc2c(O)c(P)ccc12. The highest BCUT2D eigenvalue weighted by molar-refractivity contribution is 7.28. The van der Waals surface area contributed by atoms with E-state index < -0.39 is 0 Å². The Hall–Kier alpha value is -1.68. The van der Waals surface area contributed by atoms with Gasteiger partial charge < -0.3 is 20.4 Å². The third kappa shape index (κ3) is 3.89. The molecule has 144 valence electrons. The predicted molar refractivity (Wildman–Crippen MR) is 132 cm³/mol. The van der Waals surface area contributed by atoms with Crippen LogP contribution in [-0.2, 0) is 0 Å². The zero-order valence-corrected chi connectivity index (χ0v) is 19.3. The fraction of sp³-hybridized carbons (Fsp3) is 0. The molecule has 0 bridgehead atoms. The number of benzene rings is 4. The molecule has 0 aliphatic carbocycles. The Morgan fingerprint density at radius 2 is 0.536 bits per heavy atom. The fourth-order valence-corrected chi connectivity index (χ4v) is 3.82. The van der Waals surface area contributed by atoms with Crippen LogP contribution in [0.3, 0.4) is 0 Å². The first kappa shape index (κ1) is 21.0. The van der Waals surface area contributed by atoms with Gasteiger partial charge in [0.25, 0.3) is 0 Å². The molecule has 4 nitrogen and oxygen atoms in total. The lowest BCUT2D eigenvalue weighted by Gasteiger charge is -2.07. The van der Waals surface area contributed by atoms with Gasteiger partial charge in [-0.2, -0.15) is 0 Å². The lowest BCUT2D eigenvalue weighted by atomic mass is 10.1. The van der Waals surface area contributed by atoms with Crippen molar-refractivity contribution in [3.05, 3.63) is 48.5 Å². The van der Waals surface area contributed by atoms with Gasteiger partial charge in [-0.1, -0.05) is 24.3 Å². The van der Waals surface area contributed by atoms with E-state index in [2.05, 4.69) is 37.0 Å². The Morgan fingerprint density at radius 1 is 0.357 bits per heavy atom. The number of aromatic hydroxyl groups is 4. The van der Waals surface area contributed by atoms with Crippen molar-refractivity contribution in [2.24, 2.45) is 0 Å². The Kier molecular flexibility index (Phi) is 6.28. The fourth-order valence-electron chi connectivity index (χ4n) is 2.82. The van der Waals surface area contributed by atoms with E-state index in [1.807, 2.05) is 0 Å². The zero-order chi connectivity index (χ0) is 20.6. The van der Waals surface area contributed by atoms with Gasteiger partial charge in [0.2, 0.25) is 0 Å². The number of hydrogen-bond donors (Lipinski definition) is 4. The van der Waals surface area contributed by atoms with Crippen LogP contribution in [0.15, 0.2) is 48.5 Å². The van der Waals surface area contributed by atoms with E-state index in [0.29, 0.717) is 21.5 Å². The van der Waals surface area contributed by atoms with Gasteiger partial charge in [0.15, 0.2) is 0 Å². The van der Waals surface area contributed by atoms with Crippen molar-refractivity contribution < 1.29 is 20.4 Å². The lowest BCUT2D eigenvalue weighted by molar-refractivity contribution is 0.480. The maximum absolute atomic E-state index is 9.73. The van der Waals surface area contributed by atoms with E-state index in [0.717, 1.165) is 21.2 Å². The molecule has 0 spiro atoms. The van der Waals surface area contributed by atoms with Gasteiger partial charge in [0.1, 0.15) is 23.0 Å². The van der Waals surface area contributed by atoms with Crippen LogP contribution in [0.4, 0.5) is 0 Å². The summed E-state index contributed by atoms with van der Waals surface area (Å²) in [6, 6.07) is 14.2. The van der Waals surface area contributed by atoms with Crippen LogP contribution in [0.25, 0.3) is 21.5 Å². The van der Waals surface area contributed by atoms with E-state index in [9.17, 15) is 20.4 Å². The monoisotopic (exact) mass is 448 g/mol. The Labute approximate surface area is 171 Å². The molecule has 0 aliphatic rings. The third-order valence-corrected chi connectivity index (χ3v) is 6.28. The summed E-state index contributed by atoms with van der Waals surface area (Å²) < 4.78 is 0. The van der Waals surface area contributed by atoms with Crippen molar-refractivity contribution in [2.75, 3.05) is 0 Å². The van der Waals surface area contributed by atoms with Crippen molar-refractivity contribution in [2.45, 2.75) is 0 Å². The average Bonchev–Trinajstić information content (AvgIpc) is 2.67. The predicted octanol–water partition coefficient (Wildman–Crippen LogP) is 2.50. The number of phenolic OH excluding ortho intramolecular Hbond substituents is 4. The van der Waals surface area contributed by atoms with Gasteiger partial charge in [-0.25, -0.2) is 0 Å². The lowest BCUT2D eigenvalue weighted by Crippen LogP contribution is -1.96. The topological polar surface area (TPSA) is 80.9 Å².